The fourth-order valence-corrected chi connectivity index (χ4v) is 3.42. The van der Waals surface area contributed by atoms with Crippen molar-refractivity contribution in [2.75, 3.05) is 6.54 Å². The number of hydrogen-bond donors (Lipinski definition) is 1. The molecule has 1 aromatic heterocycles. The second kappa shape index (κ2) is 5.87. The van der Waals surface area contributed by atoms with Gasteiger partial charge in [-0.2, -0.15) is 0 Å². The van der Waals surface area contributed by atoms with E-state index in [2.05, 4.69) is 50.4 Å². The minimum atomic E-state index is 0.401. The molecule has 0 aliphatic rings. The van der Waals surface area contributed by atoms with Crippen LogP contribution >= 0.6 is 22.9 Å². The standard InChI is InChI=1S/C15H18ClNS/c1-4-17-11(3)14-7-8-15(18-14)12-6-5-10(2)9-13(12)16/h5-9,11,17H,4H2,1-3H3. The van der Waals surface area contributed by atoms with Crippen LogP contribution in [0.25, 0.3) is 10.4 Å². The highest BCUT2D eigenvalue weighted by Crippen LogP contribution is 2.35. The van der Waals surface area contributed by atoms with Crippen LogP contribution < -0.4 is 5.32 Å². The molecule has 2 rings (SSSR count). The third kappa shape index (κ3) is 2.94. The molecular weight excluding hydrogens is 262 g/mol. The van der Waals surface area contributed by atoms with Crippen molar-refractivity contribution in [2.24, 2.45) is 0 Å². The van der Waals surface area contributed by atoms with Gasteiger partial charge in [-0.05, 0) is 44.2 Å². The summed E-state index contributed by atoms with van der Waals surface area (Å²) in [5, 5.41) is 4.26. The SMILES string of the molecule is CCNC(C)c1ccc(-c2ccc(C)cc2Cl)s1. The molecule has 96 valence electrons. The first kappa shape index (κ1) is 13.6. The van der Waals surface area contributed by atoms with E-state index < -0.39 is 0 Å². The van der Waals surface area contributed by atoms with Crippen LogP contribution in [-0.4, -0.2) is 6.54 Å². The van der Waals surface area contributed by atoms with Crippen molar-refractivity contribution in [3.63, 3.8) is 0 Å². The van der Waals surface area contributed by atoms with Crippen molar-refractivity contribution in [3.8, 4) is 10.4 Å². The number of rotatable bonds is 4. The maximum absolute atomic E-state index is 6.31. The van der Waals surface area contributed by atoms with Crippen molar-refractivity contribution in [1.82, 2.24) is 5.32 Å². The number of hydrogen-bond acceptors (Lipinski definition) is 2. The predicted molar refractivity (Wildman–Crippen MR) is 81.6 cm³/mol. The van der Waals surface area contributed by atoms with E-state index >= 15 is 0 Å². The van der Waals surface area contributed by atoms with E-state index in [1.54, 1.807) is 0 Å². The lowest BCUT2D eigenvalue weighted by atomic mass is 10.1. The lowest BCUT2D eigenvalue weighted by Crippen LogP contribution is -2.16. The first-order valence-electron chi connectivity index (χ1n) is 6.21. The molecule has 0 bridgehead atoms. The Morgan fingerprint density at radius 1 is 1.28 bits per heavy atom. The predicted octanol–water partition coefficient (Wildman–Crippen LogP) is 5.05. The van der Waals surface area contributed by atoms with Crippen LogP contribution in [0.1, 0.15) is 30.3 Å². The van der Waals surface area contributed by atoms with Gasteiger partial charge >= 0.3 is 0 Å². The molecule has 1 N–H and O–H groups in total. The zero-order chi connectivity index (χ0) is 13.1. The van der Waals surface area contributed by atoms with Crippen LogP contribution in [0.5, 0.6) is 0 Å². The number of thiophene rings is 1. The first-order chi connectivity index (χ1) is 8.61. The van der Waals surface area contributed by atoms with Gasteiger partial charge in [0.05, 0.1) is 0 Å². The highest BCUT2D eigenvalue weighted by Gasteiger charge is 2.10. The van der Waals surface area contributed by atoms with Crippen LogP contribution in [0, 0.1) is 6.92 Å². The average Bonchev–Trinajstić information content (AvgIpc) is 2.78. The summed E-state index contributed by atoms with van der Waals surface area (Å²) in [6, 6.07) is 11.0. The molecule has 3 heteroatoms. The minimum absolute atomic E-state index is 0.401. The third-order valence-corrected chi connectivity index (χ3v) is 4.57. The third-order valence-electron chi connectivity index (χ3n) is 2.95. The Bertz CT molecular complexity index is 533. The summed E-state index contributed by atoms with van der Waals surface area (Å²) in [6.07, 6.45) is 0. The smallest absolute Gasteiger partial charge is 0.0495 e. The Morgan fingerprint density at radius 2 is 2.06 bits per heavy atom. The zero-order valence-electron chi connectivity index (χ0n) is 11.0. The van der Waals surface area contributed by atoms with Crippen molar-refractivity contribution in [1.29, 1.82) is 0 Å². The zero-order valence-corrected chi connectivity index (χ0v) is 12.5. The number of halogens is 1. The van der Waals surface area contributed by atoms with Gasteiger partial charge in [0.2, 0.25) is 0 Å². The van der Waals surface area contributed by atoms with E-state index in [-0.39, 0.29) is 0 Å². The van der Waals surface area contributed by atoms with Gasteiger partial charge in [-0.1, -0.05) is 30.7 Å². The van der Waals surface area contributed by atoms with Gasteiger partial charge in [-0.3, -0.25) is 0 Å². The molecule has 0 aliphatic carbocycles. The van der Waals surface area contributed by atoms with Gasteiger partial charge in [-0.15, -0.1) is 11.3 Å². The highest BCUT2D eigenvalue weighted by molar-refractivity contribution is 7.15. The molecule has 1 unspecified atom stereocenters. The Morgan fingerprint density at radius 3 is 2.72 bits per heavy atom. The van der Waals surface area contributed by atoms with Gasteiger partial charge < -0.3 is 5.32 Å². The molecule has 1 atom stereocenters. The summed E-state index contributed by atoms with van der Waals surface area (Å²) >= 11 is 8.11. The molecule has 1 aromatic carbocycles. The van der Waals surface area contributed by atoms with Gasteiger partial charge in [0.15, 0.2) is 0 Å². The van der Waals surface area contributed by atoms with E-state index in [1.807, 2.05) is 17.4 Å². The van der Waals surface area contributed by atoms with E-state index in [0.717, 1.165) is 17.1 Å². The van der Waals surface area contributed by atoms with Crippen molar-refractivity contribution in [2.45, 2.75) is 26.8 Å². The molecule has 0 saturated heterocycles. The van der Waals surface area contributed by atoms with Crippen LogP contribution in [0.4, 0.5) is 0 Å². The van der Waals surface area contributed by atoms with Gasteiger partial charge in [0, 0.05) is 26.4 Å². The largest absolute Gasteiger partial charge is 0.310 e. The molecule has 2 aromatic rings. The molecule has 0 saturated carbocycles. The molecule has 0 spiro atoms. The van der Waals surface area contributed by atoms with Gasteiger partial charge in [0.1, 0.15) is 0 Å². The maximum atomic E-state index is 6.31. The Labute approximate surface area is 118 Å². The summed E-state index contributed by atoms with van der Waals surface area (Å²) < 4.78 is 0. The first-order valence-corrected chi connectivity index (χ1v) is 7.41. The second-order valence-corrected chi connectivity index (χ2v) is 5.99. The van der Waals surface area contributed by atoms with Crippen LogP contribution in [0.3, 0.4) is 0 Å². The summed E-state index contributed by atoms with van der Waals surface area (Å²) in [6.45, 7) is 7.36. The van der Waals surface area contributed by atoms with E-state index in [0.29, 0.717) is 6.04 Å². The quantitative estimate of drug-likeness (QED) is 0.826. The fourth-order valence-electron chi connectivity index (χ4n) is 1.96. The molecule has 0 radical (unpaired) electrons. The molecule has 18 heavy (non-hydrogen) atoms. The monoisotopic (exact) mass is 279 g/mol. The van der Waals surface area contributed by atoms with Crippen molar-refractivity contribution in [3.05, 3.63) is 45.8 Å². The number of aryl methyl sites for hydroxylation is 1. The number of nitrogens with one attached hydrogen (secondary N) is 1. The van der Waals surface area contributed by atoms with Gasteiger partial charge in [-0.25, -0.2) is 0 Å². The maximum Gasteiger partial charge on any atom is 0.0495 e. The molecule has 0 fully saturated rings. The fraction of sp³-hybridized carbons (Fsp3) is 0.333. The normalized spacial score (nSPS) is 12.7. The molecular formula is C15H18ClNS. The highest BCUT2D eigenvalue weighted by atomic mass is 35.5. The summed E-state index contributed by atoms with van der Waals surface area (Å²) in [5.41, 5.74) is 2.32. The van der Waals surface area contributed by atoms with Crippen LogP contribution in [0.2, 0.25) is 5.02 Å². The summed E-state index contributed by atoms with van der Waals surface area (Å²) in [7, 11) is 0. The summed E-state index contributed by atoms with van der Waals surface area (Å²) in [4.78, 5) is 2.59. The number of benzene rings is 1. The van der Waals surface area contributed by atoms with Crippen LogP contribution in [-0.2, 0) is 0 Å². The Hall–Kier alpha value is -0.830. The van der Waals surface area contributed by atoms with E-state index in [4.69, 9.17) is 11.6 Å². The molecule has 0 amide bonds. The van der Waals surface area contributed by atoms with E-state index in [9.17, 15) is 0 Å². The summed E-state index contributed by atoms with van der Waals surface area (Å²) in [5.74, 6) is 0. The van der Waals surface area contributed by atoms with Gasteiger partial charge in [0.25, 0.3) is 0 Å². The van der Waals surface area contributed by atoms with Crippen molar-refractivity contribution < 1.29 is 0 Å². The lowest BCUT2D eigenvalue weighted by Gasteiger charge is -2.09. The molecule has 1 heterocycles. The lowest BCUT2D eigenvalue weighted by molar-refractivity contribution is 0.607. The Kier molecular flexibility index (Phi) is 4.44. The van der Waals surface area contributed by atoms with E-state index in [1.165, 1.54) is 15.3 Å². The second-order valence-electron chi connectivity index (χ2n) is 4.46. The molecule has 0 aliphatic heterocycles. The average molecular weight is 280 g/mol. The topological polar surface area (TPSA) is 12.0 Å². The Balaban J connectivity index is 2.29. The minimum Gasteiger partial charge on any atom is -0.310 e. The van der Waals surface area contributed by atoms with Crippen LogP contribution in [0.15, 0.2) is 30.3 Å². The molecule has 1 nitrogen and oxygen atoms in total. The van der Waals surface area contributed by atoms with Crippen molar-refractivity contribution >= 4 is 22.9 Å².